The maximum atomic E-state index is 13.6. The number of hydrogen-bond acceptors (Lipinski definition) is 1. The van der Waals surface area contributed by atoms with Gasteiger partial charge < -0.3 is 0 Å². The smallest absolute Gasteiger partial charge is 0.164 e. The maximum Gasteiger partial charge on any atom is 0.164 e. The van der Waals surface area contributed by atoms with E-state index in [9.17, 15) is 17.4 Å². The van der Waals surface area contributed by atoms with Crippen molar-refractivity contribution in [1.29, 1.82) is 0 Å². The molecular weight excluding hydrogens is 285 g/mol. The Morgan fingerprint density at radius 2 is 1.89 bits per heavy atom. The molecule has 0 radical (unpaired) electrons. The summed E-state index contributed by atoms with van der Waals surface area (Å²) in [4.78, 5) is 0. The second-order valence-electron chi connectivity index (χ2n) is 3.95. The highest BCUT2D eigenvalue weighted by Gasteiger charge is 2.16. The van der Waals surface area contributed by atoms with Crippen LogP contribution in [0.15, 0.2) is 6.07 Å². The van der Waals surface area contributed by atoms with Gasteiger partial charge >= 0.3 is 0 Å². The molecule has 0 amide bonds. The summed E-state index contributed by atoms with van der Waals surface area (Å²) < 4.78 is 51.4. The lowest BCUT2D eigenvalue weighted by molar-refractivity contribution is 0.482. The Balaban J connectivity index is 2.76. The molecule has 0 saturated heterocycles. The number of halogens is 4. The summed E-state index contributed by atoms with van der Waals surface area (Å²) in [7, 11) is -1.29. The first-order chi connectivity index (χ1) is 8.47. The van der Waals surface area contributed by atoms with Gasteiger partial charge in [-0.15, -0.1) is 11.6 Å². The van der Waals surface area contributed by atoms with E-state index < -0.39 is 28.3 Å². The largest absolute Gasteiger partial charge is 0.259 e. The summed E-state index contributed by atoms with van der Waals surface area (Å²) in [6, 6.07) is 0.775. The molecule has 1 atom stereocenters. The fourth-order valence-corrected chi connectivity index (χ4v) is 2.92. The van der Waals surface area contributed by atoms with Crippen molar-refractivity contribution in [2.24, 2.45) is 0 Å². The predicted octanol–water partition coefficient (Wildman–Crippen LogP) is 3.68. The molecule has 0 spiro atoms. The zero-order chi connectivity index (χ0) is 13.7. The van der Waals surface area contributed by atoms with Crippen molar-refractivity contribution in [2.45, 2.75) is 25.5 Å². The normalized spacial score (nSPS) is 12.7. The van der Waals surface area contributed by atoms with Gasteiger partial charge in [-0.3, -0.25) is 4.21 Å². The minimum absolute atomic E-state index is 0.0457. The van der Waals surface area contributed by atoms with Crippen LogP contribution in [0.25, 0.3) is 0 Å². The molecule has 0 bridgehead atoms. The minimum Gasteiger partial charge on any atom is -0.259 e. The molecule has 1 nitrogen and oxygen atoms in total. The van der Waals surface area contributed by atoms with E-state index in [4.69, 9.17) is 11.6 Å². The zero-order valence-corrected chi connectivity index (χ0v) is 11.5. The third-order valence-corrected chi connectivity index (χ3v) is 4.17. The van der Waals surface area contributed by atoms with Crippen LogP contribution >= 0.6 is 11.6 Å². The summed E-state index contributed by atoms with van der Waals surface area (Å²) in [5.74, 6) is -2.36. The van der Waals surface area contributed by atoms with Gasteiger partial charge in [0.2, 0.25) is 0 Å². The van der Waals surface area contributed by atoms with Gasteiger partial charge in [0.25, 0.3) is 0 Å². The van der Waals surface area contributed by atoms with Gasteiger partial charge in [0.1, 0.15) is 5.82 Å². The van der Waals surface area contributed by atoms with Crippen molar-refractivity contribution in [2.75, 3.05) is 11.6 Å². The number of alkyl halides is 1. The summed E-state index contributed by atoms with van der Waals surface area (Å²) >= 11 is 5.48. The van der Waals surface area contributed by atoms with Crippen LogP contribution in [-0.4, -0.2) is 15.8 Å². The Morgan fingerprint density at radius 1 is 1.22 bits per heavy atom. The highest BCUT2D eigenvalue weighted by atomic mass is 35.5. The predicted molar refractivity (Wildman–Crippen MR) is 67.7 cm³/mol. The molecule has 6 heteroatoms. The highest BCUT2D eigenvalue weighted by Crippen LogP contribution is 2.20. The van der Waals surface area contributed by atoms with Crippen molar-refractivity contribution < 1.29 is 17.4 Å². The van der Waals surface area contributed by atoms with E-state index in [1.54, 1.807) is 0 Å². The first-order valence-electron chi connectivity index (χ1n) is 5.51. The lowest BCUT2D eigenvalue weighted by Gasteiger charge is -2.07. The van der Waals surface area contributed by atoms with Crippen molar-refractivity contribution in [3.8, 4) is 0 Å². The summed E-state index contributed by atoms with van der Waals surface area (Å²) in [5.41, 5.74) is -0.418. The van der Waals surface area contributed by atoms with Crippen molar-refractivity contribution in [1.82, 2.24) is 0 Å². The monoisotopic (exact) mass is 298 g/mol. The van der Waals surface area contributed by atoms with Gasteiger partial charge in [0.15, 0.2) is 11.6 Å². The minimum atomic E-state index is -1.29. The van der Waals surface area contributed by atoms with Crippen LogP contribution in [0, 0.1) is 24.4 Å². The molecule has 1 unspecified atom stereocenters. The van der Waals surface area contributed by atoms with Crippen molar-refractivity contribution >= 4 is 22.4 Å². The molecule has 1 aromatic rings. The van der Waals surface area contributed by atoms with Crippen LogP contribution < -0.4 is 0 Å². The Kier molecular flexibility index (Phi) is 6.15. The van der Waals surface area contributed by atoms with Crippen molar-refractivity contribution in [3.05, 3.63) is 34.6 Å². The molecule has 0 saturated carbocycles. The quantitative estimate of drug-likeness (QED) is 0.445. The Bertz CT molecular complexity index is 451. The average Bonchev–Trinajstić information content (AvgIpc) is 2.33. The molecule has 0 aliphatic carbocycles. The molecule has 0 aliphatic heterocycles. The van der Waals surface area contributed by atoms with Crippen LogP contribution in [-0.2, 0) is 16.6 Å². The molecule has 1 aromatic carbocycles. The van der Waals surface area contributed by atoms with Crippen LogP contribution in [0.2, 0.25) is 0 Å². The Hall–Kier alpha value is -0.550. The molecule has 0 aliphatic rings. The van der Waals surface area contributed by atoms with Crippen molar-refractivity contribution in [3.63, 3.8) is 0 Å². The molecule has 102 valence electrons. The molecule has 0 heterocycles. The Labute approximate surface area is 112 Å². The van der Waals surface area contributed by atoms with E-state index in [0.717, 1.165) is 19.4 Å². The standard InChI is InChI=1S/C12H14ClF3OS/c1-8-11(15)9(6-10(14)12(8)16)7-18(17)5-3-2-4-13/h6H,2-5,7H2,1H3. The van der Waals surface area contributed by atoms with Gasteiger partial charge in [0.05, 0.1) is 5.75 Å². The van der Waals surface area contributed by atoms with Crippen LogP contribution in [0.5, 0.6) is 0 Å². The second kappa shape index (κ2) is 7.14. The molecule has 1 rings (SSSR count). The highest BCUT2D eigenvalue weighted by molar-refractivity contribution is 7.84. The second-order valence-corrected chi connectivity index (χ2v) is 5.91. The van der Waals surface area contributed by atoms with E-state index >= 15 is 0 Å². The fourth-order valence-electron chi connectivity index (χ4n) is 1.50. The van der Waals surface area contributed by atoms with Crippen LogP contribution in [0.3, 0.4) is 0 Å². The molecule has 18 heavy (non-hydrogen) atoms. The molecule has 0 fully saturated rings. The number of unbranched alkanes of at least 4 members (excludes halogenated alkanes) is 1. The Morgan fingerprint density at radius 3 is 2.50 bits per heavy atom. The summed E-state index contributed by atoms with van der Waals surface area (Å²) in [6.07, 6.45) is 1.40. The summed E-state index contributed by atoms with van der Waals surface area (Å²) in [6.45, 7) is 1.16. The third kappa shape index (κ3) is 3.99. The van der Waals surface area contributed by atoms with E-state index in [-0.39, 0.29) is 16.9 Å². The van der Waals surface area contributed by atoms with Gasteiger partial charge in [0, 0.05) is 33.6 Å². The van der Waals surface area contributed by atoms with Crippen LogP contribution in [0.1, 0.15) is 24.0 Å². The third-order valence-electron chi connectivity index (χ3n) is 2.52. The topological polar surface area (TPSA) is 17.1 Å². The van der Waals surface area contributed by atoms with Crippen LogP contribution in [0.4, 0.5) is 13.2 Å². The average molecular weight is 299 g/mol. The molecular formula is C12H14ClF3OS. The first-order valence-corrected chi connectivity index (χ1v) is 7.53. The lowest BCUT2D eigenvalue weighted by atomic mass is 10.1. The maximum absolute atomic E-state index is 13.6. The lowest BCUT2D eigenvalue weighted by Crippen LogP contribution is -2.06. The van der Waals surface area contributed by atoms with Gasteiger partial charge in [-0.1, -0.05) is 0 Å². The number of benzene rings is 1. The summed E-state index contributed by atoms with van der Waals surface area (Å²) in [5, 5.41) is 0. The first kappa shape index (κ1) is 15.5. The van der Waals surface area contributed by atoms with E-state index in [1.165, 1.54) is 0 Å². The number of rotatable bonds is 6. The fraction of sp³-hybridized carbons (Fsp3) is 0.500. The SMILES string of the molecule is Cc1c(F)c(F)cc(CS(=O)CCCCCl)c1F. The number of hydrogen-bond donors (Lipinski definition) is 0. The van der Waals surface area contributed by atoms with Gasteiger partial charge in [-0.25, -0.2) is 13.2 Å². The van der Waals surface area contributed by atoms with Gasteiger partial charge in [-0.2, -0.15) is 0 Å². The van der Waals surface area contributed by atoms with Gasteiger partial charge in [-0.05, 0) is 25.8 Å². The van der Waals surface area contributed by atoms with E-state index in [2.05, 4.69) is 0 Å². The molecule has 0 N–H and O–H groups in total. The molecule has 0 aromatic heterocycles. The van der Waals surface area contributed by atoms with E-state index in [1.807, 2.05) is 0 Å². The zero-order valence-electron chi connectivity index (χ0n) is 9.94. The van der Waals surface area contributed by atoms with E-state index in [0.29, 0.717) is 18.1 Å².